The maximum atomic E-state index is 12.3. The third kappa shape index (κ3) is 3.85. The summed E-state index contributed by atoms with van der Waals surface area (Å²) < 4.78 is 0. The molecule has 1 aromatic carbocycles. The number of nitrogens with one attached hydrogen (secondary N) is 1. The molecule has 0 spiro atoms. The third-order valence-electron chi connectivity index (χ3n) is 3.54. The van der Waals surface area contributed by atoms with Crippen molar-refractivity contribution >= 4 is 11.6 Å². The Morgan fingerprint density at radius 3 is 2.36 bits per heavy atom. The van der Waals surface area contributed by atoms with Crippen LogP contribution in [0.1, 0.15) is 5.56 Å². The van der Waals surface area contributed by atoms with E-state index in [0.717, 1.165) is 18.8 Å². The van der Waals surface area contributed by atoms with E-state index in [-0.39, 0.29) is 11.5 Å². The smallest absolute Gasteiger partial charge is 0.266 e. The molecule has 1 aliphatic heterocycles. The number of piperazine rings is 1. The maximum Gasteiger partial charge on any atom is 0.266 e. The number of carbonyl (C=O) groups excluding carboxylic acids is 1. The van der Waals surface area contributed by atoms with Gasteiger partial charge in [-0.3, -0.25) is 4.79 Å². The summed E-state index contributed by atoms with van der Waals surface area (Å²) in [4.78, 5) is 16.1. The SMILES string of the molecule is CN1CCN(C(=O)/C(C#N)=C\Nc2ccc(C#N)cc2)CC1. The lowest BCUT2D eigenvalue weighted by Crippen LogP contribution is -2.47. The van der Waals surface area contributed by atoms with Gasteiger partial charge in [0, 0.05) is 38.1 Å². The summed E-state index contributed by atoms with van der Waals surface area (Å²) in [5.41, 5.74) is 1.36. The van der Waals surface area contributed by atoms with Gasteiger partial charge >= 0.3 is 0 Å². The number of hydrogen-bond acceptors (Lipinski definition) is 5. The standard InChI is InChI=1S/C16H17N5O/c1-20-6-8-21(9-7-20)16(22)14(11-18)12-19-15-4-2-13(10-17)3-5-15/h2-5,12,19H,6-9H2,1H3/b14-12-. The fourth-order valence-corrected chi connectivity index (χ4v) is 2.12. The number of hydrogen-bond donors (Lipinski definition) is 1. The molecule has 1 fully saturated rings. The molecule has 0 radical (unpaired) electrons. The number of amides is 1. The lowest BCUT2D eigenvalue weighted by Gasteiger charge is -2.32. The van der Waals surface area contributed by atoms with Crippen molar-refractivity contribution in [3.63, 3.8) is 0 Å². The number of anilines is 1. The van der Waals surface area contributed by atoms with E-state index in [1.807, 2.05) is 19.2 Å². The topological polar surface area (TPSA) is 83.2 Å². The zero-order valence-corrected chi connectivity index (χ0v) is 12.4. The average Bonchev–Trinajstić information content (AvgIpc) is 2.56. The van der Waals surface area contributed by atoms with E-state index < -0.39 is 0 Å². The highest BCUT2D eigenvalue weighted by Crippen LogP contribution is 2.11. The Morgan fingerprint density at radius 1 is 1.18 bits per heavy atom. The average molecular weight is 295 g/mol. The van der Waals surface area contributed by atoms with Crippen molar-refractivity contribution in [2.24, 2.45) is 0 Å². The van der Waals surface area contributed by atoms with Crippen LogP contribution in [0.25, 0.3) is 0 Å². The van der Waals surface area contributed by atoms with Crippen molar-refractivity contribution < 1.29 is 4.79 Å². The highest BCUT2D eigenvalue weighted by Gasteiger charge is 2.21. The van der Waals surface area contributed by atoms with Crippen LogP contribution in [0.5, 0.6) is 0 Å². The Kier molecular flexibility index (Phi) is 5.13. The lowest BCUT2D eigenvalue weighted by molar-refractivity contribution is -0.128. The van der Waals surface area contributed by atoms with Gasteiger partial charge in [-0.05, 0) is 31.3 Å². The molecule has 6 nitrogen and oxygen atoms in total. The first-order valence-electron chi connectivity index (χ1n) is 6.99. The fraction of sp³-hybridized carbons (Fsp3) is 0.312. The lowest BCUT2D eigenvalue weighted by atomic mass is 10.2. The van der Waals surface area contributed by atoms with Gasteiger partial charge in [-0.1, -0.05) is 0 Å². The van der Waals surface area contributed by atoms with Gasteiger partial charge in [-0.25, -0.2) is 0 Å². The Bertz CT molecular complexity index is 643. The monoisotopic (exact) mass is 295 g/mol. The van der Waals surface area contributed by atoms with E-state index in [1.165, 1.54) is 6.20 Å². The van der Waals surface area contributed by atoms with Crippen molar-refractivity contribution in [3.05, 3.63) is 41.6 Å². The molecule has 2 rings (SSSR count). The van der Waals surface area contributed by atoms with Crippen molar-refractivity contribution in [2.45, 2.75) is 0 Å². The van der Waals surface area contributed by atoms with E-state index in [2.05, 4.69) is 10.2 Å². The second-order valence-corrected chi connectivity index (χ2v) is 5.10. The molecule has 22 heavy (non-hydrogen) atoms. The Balaban J connectivity index is 2.02. The summed E-state index contributed by atoms with van der Waals surface area (Å²) in [5, 5.41) is 20.8. The minimum absolute atomic E-state index is 0.0777. The van der Waals surface area contributed by atoms with Crippen LogP contribution in [0.3, 0.4) is 0 Å². The van der Waals surface area contributed by atoms with Crippen molar-refractivity contribution in [3.8, 4) is 12.1 Å². The molecule has 0 aromatic heterocycles. The van der Waals surface area contributed by atoms with Gasteiger partial charge in [-0.2, -0.15) is 10.5 Å². The van der Waals surface area contributed by atoms with E-state index in [1.54, 1.807) is 29.2 Å². The molecule has 1 heterocycles. The number of rotatable bonds is 3. The number of carbonyl (C=O) groups is 1. The normalized spacial score (nSPS) is 15.8. The van der Waals surface area contributed by atoms with Crippen LogP contribution in [0.15, 0.2) is 36.0 Å². The highest BCUT2D eigenvalue weighted by atomic mass is 16.2. The number of nitriles is 2. The van der Waals surface area contributed by atoms with Gasteiger partial charge in [0.2, 0.25) is 0 Å². The van der Waals surface area contributed by atoms with Crippen LogP contribution in [0.2, 0.25) is 0 Å². The highest BCUT2D eigenvalue weighted by molar-refractivity contribution is 5.97. The first kappa shape index (κ1) is 15.6. The molecule has 1 N–H and O–H groups in total. The second kappa shape index (κ2) is 7.26. The molecule has 1 aliphatic rings. The van der Waals surface area contributed by atoms with Crippen LogP contribution in [0.4, 0.5) is 5.69 Å². The Hall–Kier alpha value is -2.83. The third-order valence-corrected chi connectivity index (χ3v) is 3.54. The predicted octanol–water partition coefficient (Wildman–Crippen LogP) is 1.15. The first-order chi connectivity index (χ1) is 10.6. The zero-order chi connectivity index (χ0) is 15.9. The number of benzene rings is 1. The zero-order valence-electron chi connectivity index (χ0n) is 12.4. The molecule has 112 valence electrons. The maximum absolute atomic E-state index is 12.3. The van der Waals surface area contributed by atoms with E-state index in [0.29, 0.717) is 18.7 Å². The second-order valence-electron chi connectivity index (χ2n) is 5.10. The van der Waals surface area contributed by atoms with Crippen molar-refractivity contribution in [2.75, 3.05) is 38.5 Å². The summed E-state index contributed by atoms with van der Waals surface area (Å²) in [6.45, 7) is 2.89. The van der Waals surface area contributed by atoms with Crippen LogP contribution < -0.4 is 5.32 Å². The van der Waals surface area contributed by atoms with Gasteiger partial charge in [0.1, 0.15) is 11.6 Å². The van der Waals surface area contributed by atoms with Gasteiger partial charge < -0.3 is 15.1 Å². The fourth-order valence-electron chi connectivity index (χ4n) is 2.12. The van der Waals surface area contributed by atoms with Gasteiger partial charge in [0.25, 0.3) is 5.91 Å². The Labute approximate surface area is 129 Å². The minimum Gasteiger partial charge on any atom is -0.360 e. The minimum atomic E-state index is -0.253. The molecule has 0 atom stereocenters. The number of nitrogens with zero attached hydrogens (tertiary/aromatic N) is 4. The largest absolute Gasteiger partial charge is 0.360 e. The van der Waals surface area contributed by atoms with Crippen LogP contribution >= 0.6 is 0 Å². The first-order valence-corrected chi connectivity index (χ1v) is 6.99. The molecular formula is C16H17N5O. The molecule has 1 saturated heterocycles. The van der Waals surface area contributed by atoms with Crippen molar-refractivity contribution in [1.29, 1.82) is 10.5 Å². The van der Waals surface area contributed by atoms with Gasteiger partial charge in [0.15, 0.2) is 0 Å². The molecule has 0 saturated carbocycles. The molecule has 6 heteroatoms. The van der Waals surface area contributed by atoms with E-state index >= 15 is 0 Å². The summed E-state index contributed by atoms with van der Waals surface area (Å²) in [7, 11) is 2.01. The molecular weight excluding hydrogens is 278 g/mol. The van der Waals surface area contributed by atoms with E-state index in [4.69, 9.17) is 5.26 Å². The van der Waals surface area contributed by atoms with Gasteiger partial charge in [0.05, 0.1) is 11.6 Å². The summed E-state index contributed by atoms with van der Waals surface area (Å²) in [5.74, 6) is -0.253. The molecule has 0 unspecified atom stereocenters. The van der Waals surface area contributed by atoms with E-state index in [9.17, 15) is 10.1 Å². The molecule has 1 amide bonds. The van der Waals surface area contributed by atoms with Crippen LogP contribution in [-0.2, 0) is 4.79 Å². The summed E-state index contributed by atoms with van der Waals surface area (Å²) >= 11 is 0. The molecule has 0 aliphatic carbocycles. The summed E-state index contributed by atoms with van der Waals surface area (Å²) in [6.07, 6.45) is 1.42. The van der Waals surface area contributed by atoms with Crippen LogP contribution in [-0.4, -0.2) is 48.9 Å². The van der Waals surface area contributed by atoms with Crippen LogP contribution in [0, 0.1) is 22.7 Å². The predicted molar refractivity (Wildman–Crippen MR) is 82.6 cm³/mol. The number of likely N-dealkylation sites (N-methyl/N-ethyl adjacent to an activating group) is 1. The quantitative estimate of drug-likeness (QED) is 0.668. The molecule has 1 aromatic rings. The Morgan fingerprint density at radius 2 is 1.82 bits per heavy atom. The summed E-state index contributed by atoms with van der Waals surface area (Å²) in [6, 6.07) is 10.8. The van der Waals surface area contributed by atoms with Crippen molar-refractivity contribution in [1.82, 2.24) is 9.80 Å². The molecule has 0 bridgehead atoms. The van der Waals surface area contributed by atoms with Gasteiger partial charge in [-0.15, -0.1) is 0 Å².